The maximum atomic E-state index is 14.3. The molecule has 0 saturated carbocycles. The molecule has 7 rings (SSSR count). The summed E-state index contributed by atoms with van der Waals surface area (Å²) in [5.41, 5.74) is 4.64. The van der Waals surface area contributed by atoms with Crippen LogP contribution in [-0.2, 0) is 11.2 Å². The van der Waals surface area contributed by atoms with Crippen LogP contribution in [0, 0.1) is 0 Å². The lowest BCUT2D eigenvalue weighted by molar-refractivity contribution is -0.137. The largest absolute Gasteiger partial charge is 0.481 e. The van der Waals surface area contributed by atoms with Crippen molar-refractivity contribution in [1.29, 1.82) is 0 Å². The van der Waals surface area contributed by atoms with E-state index in [1.807, 2.05) is 47.4 Å². The number of carboxylic acid groups (broad SMARTS) is 1. The highest BCUT2D eigenvalue weighted by molar-refractivity contribution is 7.79. The monoisotopic (exact) mass is 594 g/mol. The van der Waals surface area contributed by atoms with Crippen LogP contribution in [0.3, 0.4) is 0 Å². The third-order valence-corrected chi connectivity index (χ3v) is 10.7. The normalized spacial score (nSPS) is 14.3. The molecular formula is C38H31N2O3P. The molecule has 1 N–H and O–H groups in total. The first kappa shape index (κ1) is 27.8. The van der Waals surface area contributed by atoms with Crippen LogP contribution < -0.4 is 20.8 Å². The summed E-state index contributed by atoms with van der Waals surface area (Å²) in [4.78, 5) is 27.3. The van der Waals surface area contributed by atoms with Gasteiger partial charge in [-0.2, -0.15) is 0 Å². The quantitative estimate of drug-likeness (QED) is 0.183. The number of amides is 1. The van der Waals surface area contributed by atoms with Gasteiger partial charge in [-0.3, -0.25) is 14.5 Å². The molecule has 44 heavy (non-hydrogen) atoms. The number of rotatable bonds is 9. The summed E-state index contributed by atoms with van der Waals surface area (Å²) < 4.78 is 2.20. The van der Waals surface area contributed by atoms with Crippen molar-refractivity contribution in [2.24, 2.45) is 0 Å². The lowest BCUT2D eigenvalue weighted by Gasteiger charge is -2.31. The molecule has 0 fully saturated rings. The number of carbonyl (C=O) groups is 2. The molecule has 0 bridgehead atoms. The molecule has 5 aromatic carbocycles. The minimum atomic E-state index is -0.920. The molecule has 2 heterocycles. The van der Waals surface area contributed by atoms with Crippen LogP contribution in [0.25, 0.3) is 10.9 Å². The SMILES string of the molecule is O=C(O)CCCc1ccc(N2C(=O)c3cc4ccccc4n3[C@H]2c2ccccc2P(c2ccccc2)c2ccccc2)cc1. The molecule has 216 valence electrons. The van der Waals surface area contributed by atoms with E-state index in [0.717, 1.165) is 27.7 Å². The molecule has 6 aromatic rings. The number of aliphatic carboxylic acids is 1. The third kappa shape index (κ3) is 5.10. The van der Waals surface area contributed by atoms with Gasteiger partial charge < -0.3 is 9.67 Å². The van der Waals surface area contributed by atoms with Crippen LogP contribution in [0.1, 0.15) is 40.6 Å². The molecule has 5 nitrogen and oxygen atoms in total. The van der Waals surface area contributed by atoms with Crippen molar-refractivity contribution in [3.8, 4) is 0 Å². The van der Waals surface area contributed by atoms with E-state index in [1.165, 1.54) is 15.9 Å². The third-order valence-electron chi connectivity index (χ3n) is 8.23. The Bertz CT molecular complexity index is 1910. The van der Waals surface area contributed by atoms with Gasteiger partial charge in [-0.15, -0.1) is 0 Å². The molecule has 0 spiro atoms. The van der Waals surface area contributed by atoms with Gasteiger partial charge in [0.05, 0.1) is 5.52 Å². The van der Waals surface area contributed by atoms with E-state index in [-0.39, 0.29) is 18.5 Å². The lowest BCUT2D eigenvalue weighted by atomic mass is 10.1. The van der Waals surface area contributed by atoms with Crippen LogP contribution >= 0.6 is 7.92 Å². The highest BCUT2D eigenvalue weighted by atomic mass is 31.1. The van der Waals surface area contributed by atoms with Crippen molar-refractivity contribution in [2.45, 2.75) is 25.4 Å². The fourth-order valence-corrected chi connectivity index (χ4v) is 8.73. The predicted octanol–water partition coefficient (Wildman–Crippen LogP) is 7.01. The van der Waals surface area contributed by atoms with Crippen LogP contribution in [0.4, 0.5) is 5.69 Å². The Labute approximate surface area is 257 Å². The van der Waals surface area contributed by atoms with Crippen LogP contribution in [0.15, 0.2) is 140 Å². The van der Waals surface area contributed by atoms with E-state index in [0.29, 0.717) is 18.5 Å². The van der Waals surface area contributed by atoms with E-state index in [4.69, 9.17) is 5.11 Å². The number of hydrogen-bond acceptors (Lipinski definition) is 2. The smallest absolute Gasteiger partial charge is 0.303 e. The van der Waals surface area contributed by atoms with Gasteiger partial charge in [0.1, 0.15) is 11.9 Å². The Morgan fingerprint density at radius 3 is 2.02 bits per heavy atom. The maximum Gasteiger partial charge on any atom is 0.303 e. The zero-order valence-corrected chi connectivity index (χ0v) is 25.0. The first-order valence-electron chi connectivity index (χ1n) is 14.8. The van der Waals surface area contributed by atoms with Crippen molar-refractivity contribution in [1.82, 2.24) is 4.57 Å². The zero-order chi connectivity index (χ0) is 30.0. The molecule has 6 heteroatoms. The molecule has 1 aliphatic heterocycles. The van der Waals surface area contributed by atoms with Gasteiger partial charge in [0.15, 0.2) is 0 Å². The van der Waals surface area contributed by atoms with Gasteiger partial charge in [0.25, 0.3) is 5.91 Å². The summed E-state index contributed by atoms with van der Waals surface area (Å²) in [5, 5.41) is 13.8. The Morgan fingerprint density at radius 2 is 1.34 bits per heavy atom. The summed E-state index contributed by atoms with van der Waals surface area (Å²) in [6, 6.07) is 48.1. The van der Waals surface area contributed by atoms with Crippen molar-refractivity contribution in [3.63, 3.8) is 0 Å². The number of benzene rings is 5. The topological polar surface area (TPSA) is 62.5 Å². The number of fused-ring (bicyclic) bond motifs is 3. The second-order valence-corrected chi connectivity index (χ2v) is 13.2. The molecular weight excluding hydrogens is 563 g/mol. The molecule has 0 saturated heterocycles. The van der Waals surface area contributed by atoms with Gasteiger partial charge in [-0.25, -0.2) is 0 Å². The minimum absolute atomic E-state index is 0.0385. The van der Waals surface area contributed by atoms with Crippen LogP contribution in [0.5, 0.6) is 0 Å². The molecule has 0 unspecified atom stereocenters. The maximum absolute atomic E-state index is 14.3. The van der Waals surface area contributed by atoms with Crippen molar-refractivity contribution in [3.05, 3.63) is 156 Å². The van der Waals surface area contributed by atoms with E-state index in [1.54, 1.807) is 0 Å². The molecule has 0 aliphatic carbocycles. The van der Waals surface area contributed by atoms with Crippen molar-refractivity contribution in [2.75, 3.05) is 4.90 Å². The van der Waals surface area contributed by atoms with E-state index in [2.05, 4.69) is 102 Å². The number of carbonyl (C=O) groups excluding carboxylic acids is 1. The average molecular weight is 595 g/mol. The van der Waals surface area contributed by atoms with Gasteiger partial charge in [0, 0.05) is 23.1 Å². The molecule has 0 radical (unpaired) electrons. The predicted molar refractivity (Wildman–Crippen MR) is 179 cm³/mol. The molecule has 1 amide bonds. The number of aromatic nitrogens is 1. The zero-order valence-electron chi connectivity index (χ0n) is 24.1. The van der Waals surface area contributed by atoms with E-state index >= 15 is 0 Å². The molecule has 1 aliphatic rings. The summed E-state index contributed by atoms with van der Waals surface area (Å²) >= 11 is 0. The summed E-state index contributed by atoms with van der Waals surface area (Å²) in [5.74, 6) is -0.825. The Kier molecular flexibility index (Phi) is 7.55. The Morgan fingerprint density at radius 1 is 0.727 bits per heavy atom. The highest BCUT2D eigenvalue weighted by Crippen LogP contribution is 2.43. The Hall–Kier alpha value is -4.99. The average Bonchev–Trinajstić information content (AvgIpc) is 3.57. The number of para-hydroxylation sites is 1. The first-order chi connectivity index (χ1) is 21.6. The fourth-order valence-electron chi connectivity index (χ4n) is 6.25. The summed E-state index contributed by atoms with van der Waals surface area (Å²) in [6.45, 7) is 0. The summed E-state index contributed by atoms with van der Waals surface area (Å²) in [7, 11) is -0.920. The number of aryl methyl sites for hydroxylation is 1. The summed E-state index contributed by atoms with van der Waals surface area (Å²) in [6.07, 6.45) is 1.01. The standard InChI is InChI=1S/C38H31N2O3P/c41-36(42)21-11-12-27-22-24-29(25-23-27)39-37(40-33-19-9-7-13-28(33)26-34(40)38(39)43)32-18-8-10-20-35(32)44(30-14-3-1-4-15-30)31-16-5-2-6-17-31/h1-10,13-20,22-26,37H,11-12,21H2,(H,41,42)/t37-/m0/s1. The van der Waals surface area contributed by atoms with Gasteiger partial charge >= 0.3 is 5.97 Å². The molecule has 1 aromatic heterocycles. The fraction of sp³-hybridized carbons (Fsp3) is 0.105. The first-order valence-corrected chi connectivity index (χ1v) is 16.2. The number of carboxylic acids is 1. The van der Waals surface area contributed by atoms with Gasteiger partial charge in [-0.05, 0) is 66.5 Å². The second kappa shape index (κ2) is 11.9. The van der Waals surface area contributed by atoms with E-state index in [9.17, 15) is 9.59 Å². The highest BCUT2D eigenvalue weighted by Gasteiger charge is 2.41. The number of hydrogen-bond donors (Lipinski definition) is 1. The van der Waals surface area contributed by atoms with Crippen LogP contribution in [-0.4, -0.2) is 21.6 Å². The van der Waals surface area contributed by atoms with E-state index < -0.39 is 13.9 Å². The van der Waals surface area contributed by atoms with Crippen molar-refractivity contribution >= 4 is 52.3 Å². The molecule has 1 atom stereocenters. The lowest BCUT2D eigenvalue weighted by Crippen LogP contribution is -2.34. The van der Waals surface area contributed by atoms with Crippen LogP contribution in [0.2, 0.25) is 0 Å². The minimum Gasteiger partial charge on any atom is -0.481 e. The number of anilines is 1. The van der Waals surface area contributed by atoms with Gasteiger partial charge in [-0.1, -0.05) is 115 Å². The number of nitrogens with zero attached hydrogens (tertiary/aromatic N) is 2. The van der Waals surface area contributed by atoms with Crippen molar-refractivity contribution < 1.29 is 14.7 Å². The Balaban J connectivity index is 1.39. The van der Waals surface area contributed by atoms with Gasteiger partial charge in [0.2, 0.25) is 0 Å². The second-order valence-electron chi connectivity index (χ2n) is 11.0.